The molecule has 5 heteroatoms. The van der Waals surface area contributed by atoms with Crippen LogP contribution in [0.2, 0.25) is 0 Å². The number of halogens is 1. The maximum Gasteiger partial charge on any atom is 0.321 e. The highest BCUT2D eigenvalue weighted by Gasteiger charge is 2.02. The van der Waals surface area contributed by atoms with Gasteiger partial charge in [0.05, 0.1) is 0 Å². The lowest BCUT2D eigenvalue weighted by atomic mass is 10.3. The third-order valence-electron chi connectivity index (χ3n) is 2.40. The average molecular weight is 261 g/mol. The maximum atomic E-state index is 13.0. The van der Waals surface area contributed by atoms with Gasteiger partial charge >= 0.3 is 6.01 Å². The summed E-state index contributed by atoms with van der Waals surface area (Å²) >= 11 is 0. The van der Waals surface area contributed by atoms with E-state index >= 15 is 0 Å². The Labute approximate surface area is 111 Å². The number of hydrogen-bond donors (Lipinski definition) is 1. The minimum atomic E-state index is -0.352. The van der Waals surface area contributed by atoms with Crippen molar-refractivity contribution in [2.24, 2.45) is 0 Å². The summed E-state index contributed by atoms with van der Waals surface area (Å²) in [7, 11) is 0. The Bertz CT molecular complexity index is 528. The summed E-state index contributed by atoms with van der Waals surface area (Å²) in [6, 6.07) is 6.49. The molecule has 0 amide bonds. The van der Waals surface area contributed by atoms with Crippen LogP contribution in [0.1, 0.15) is 19.4 Å². The Morgan fingerprint density at radius 1 is 1.26 bits per heavy atom. The van der Waals surface area contributed by atoms with Gasteiger partial charge in [-0.25, -0.2) is 14.4 Å². The van der Waals surface area contributed by atoms with Gasteiger partial charge in [0, 0.05) is 36.6 Å². The standard InChI is InChI=1S/C14H16FN3O/c1-10(2)16-7-11-8-17-14(18-9-11)19-13-5-3-4-12(15)6-13/h3-6,8-10,16H,7H2,1-2H3. The van der Waals surface area contributed by atoms with E-state index in [-0.39, 0.29) is 11.8 Å². The minimum absolute atomic E-state index is 0.207. The zero-order chi connectivity index (χ0) is 13.7. The molecule has 19 heavy (non-hydrogen) atoms. The first kappa shape index (κ1) is 13.4. The molecule has 0 radical (unpaired) electrons. The largest absolute Gasteiger partial charge is 0.424 e. The number of nitrogens with one attached hydrogen (secondary N) is 1. The van der Waals surface area contributed by atoms with Gasteiger partial charge in [-0.1, -0.05) is 19.9 Å². The molecular formula is C14H16FN3O. The number of nitrogens with zero attached hydrogens (tertiary/aromatic N) is 2. The van der Waals surface area contributed by atoms with Crippen LogP contribution >= 0.6 is 0 Å². The van der Waals surface area contributed by atoms with Gasteiger partial charge in [-0.3, -0.25) is 0 Å². The second-order valence-electron chi connectivity index (χ2n) is 4.47. The topological polar surface area (TPSA) is 47.0 Å². The molecule has 0 aliphatic carbocycles. The molecule has 2 aromatic rings. The summed E-state index contributed by atoms with van der Waals surface area (Å²) < 4.78 is 18.3. The summed E-state index contributed by atoms with van der Waals surface area (Å²) in [5.74, 6) is 0.0308. The quantitative estimate of drug-likeness (QED) is 0.899. The molecule has 0 saturated heterocycles. The molecule has 1 heterocycles. The molecule has 0 saturated carbocycles. The van der Waals surface area contributed by atoms with Crippen molar-refractivity contribution in [2.75, 3.05) is 0 Å². The van der Waals surface area contributed by atoms with Crippen LogP contribution in [-0.2, 0) is 6.54 Å². The molecule has 0 spiro atoms. The van der Waals surface area contributed by atoms with Gasteiger partial charge in [0.1, 0.15) is 11.6 Å². The molecule has 1 aromatic carbocycles. The van der Waals surface area contributed by atoms with E-state index in [2.05, 4.69) is 29.1 Å². The lowest BCUT2D eigenvalue weighted by molar-refractivity contribution is 0.436. The molecule has 0 aliphatic heterocycles. The smallest absolute Gasteiger partial charge is 0.321 e. The van der Waals surface area contributed by atoms with E-state index in [1.54, 1.807) is 24.5 Å². The molecule has 0 aliphatic rings. The van der Waals surface area contributed by atoms with E-state index in [9.17, 15) is 4.39 Å². The Balaban J connectivity index is 1.98. The monoisotopic (exact) mass is 261 g/mol. The maximum absolute atomic E-state index is 13.0. The lowest BCUT2D eigenvalue weighted by Gasteiger charge is -2.08. The van der Waals surface area contributed by atoms with Crippen LogP contribution in [0.5, 0.6) is 11.8 Å². The Morgan fingerprint density at radius 3 is 2.63 bits per heavy atom. The minimum Gasteiger partial charge on any atom is -0.424 e. The van der Waals surface area contributed by atoms with Gasteiger partial charge in [0.2, 0.25) is 0 Å². The third kappa shape index (κ3) is 4.30. The fourth-order valence-electron chi connectivity index (χ4n) is 1.44. The van der Waals surface area contributed by atoms with Crippen LogP contribution in [0.4, 0.5) is 4.39 Å². The molecule has 0 unspecified atom stereocenters. The summed E-state index contributed by atoms with van der Waals surface area (Å²) in [4.78, 5) is 8.17. The first-order valence-corrected chi connectivity index (χ1v) is 6.11. The molecule has 0 fully saturated rings. The molecule has 100 valence electrons. The molecule has 0 atom stereocenters. The van der Waals surface area contributed by atoms with Crippen molar-refractivity contribution in [1.82, 2.24) is 15.3 Å². The highest BCUT2D eigenvalue weighted by Crippen LogP contribution is 2.17. The normalized spacial score (nSPS) is 10.7. The van der Waals surface area contributed by atoms with E-state index in [0.29, 0.717) is 18.3 Å². The number of ether oxygens (including phenoxy) is 1. The molecular weight excluding hydrogens is 245 g/mol. The van der Waals surface area contributed by atoms with Crippen LogP contribution in [0.3, 0.4) is 0 Å². The van der Waals surface area contributed by atoms with Gasteiger partial charge in [0.15, 0.2) is 0 Å². The lowest BCUT2D eigenvalue weighted by Crippen LogP contribution is -2.21. The van der Waals surface area contributed by atoms with Crippen molar-refractivity contribution in [3.8, 4) is 11.8 Å². The zero-order valence-electron chi connectivity index (χ0n) is 10.9. The number of aromatic nitrogens is 2. The van der Waals surface area contributed by atoms with Crippen molar-refractivity contribution in [3.63, 3.8) is 0 Å². The van der Waals surface area contributed by atoms with Gasteiger partial charge in [-0.15, -0.1) is 0 Å². The summed E-state index contributed by atoms with van der Waals surface area (Å²) in [5.41, 5.74) is 0.972. The zero-order valence-corrected chi connectivity index (χ0v) is 10.9. The van der Waals surface area contributed by atoms with E-state index in [4.69, 9.17) is 4.74 Å². The first-order valence-electron chi connectivity index (χ1n) is 6.11. The van der Waals surface area contributed by atoms with E-state index in [0.717, 1.165) is 5.56 Å². The number of rotatable bonds is 5. The number of hydrogen-bond acceptors (Lipinski definition) is 4. The van der Waals surface area contributed by atoms with Gasteiger partial charge in [-0.05, 0) is 12.1 Å². The highest BCUT2D eigenvalue weighted by atomic mass is 19.1. The predicted molar refractivity (Wildman–Crippen MR) is 70.5 cm³/mol. The van der Waals surface area contributed by atoms with E-state index in [1.165, 1.54) is 12.1 Å². The number of benzene rings is 1. The van der Waals surface area contributed by atoms with Gasteiger partial charge < -0.3 is 10.1 Å². The Morgan fingerprint density at radius 2 is 2.00 bits per heavy atom. The van der Waals surface area contributed by atoms with Crippen LogP contribution in [-0.4, -0.2) is 16.0 Å². The van der Waals surface area contributed by atoms with Crippen molar-refractivity contribution in [3.05, 3.63) is 48.0 Å². The SMILES string of the molecule is CC(C)NCc1cnc(Oc2cccc(F)c2)nc1. The predicted octanol–water partition coefficient (Wildman–Crippen LogP) is 2.91. The van der Waals surface area contributed by atoms with E-state index in [1.807, 2.05) is 0 Å². The highest BCUT2D eigenvalue weighted by molar-refractivity contribution is 5.25. The van der Waals surface area contributed by atoms with Crippen LogP contribution in [0.25, 0.3) is 0 Å². The molecule has 0 bridgehead atoms. The molecule has 1 aromatic heterocycles. The van der Waals surface area contributed by atoms with Crippen molar-refractivity contribution in [1.29, 1.82) is 0 Å². The first-order chi connectivity index (χ1) is 9.13. The summed E-state index contributed by atoms with van der Waals surface area (Å²) in [6.07, 6.45) is 3.38. The summed E-state index contributed by atoms with van der Waals surface area (Å²) in [5, 5.41) is 3.27. The van der Waals surface area contributed by atoms with Gasteiger partial charge in [0.25, 0.3) is 0 Å². The molecule has 4 nitrogen and oxygen atoms in total. The summed E-state index contributed by atoms with van der Waals surface area (Å²) in [6.45, 7) is 4.85. The van der Waals surface area contributed by atoms with Crippen LogP contribution < -0.4 is 10.1 Å². The van der Waals surface area contributed by atoms with Crippen molar-refractivity contribution >= 4 is 0 Å². The third-order valence-corrected chi connectivity index (χ3v) is 2.40. The Kier molecular flexibility index (Phi) is 4.41. The second-order valence-corrected chi connectivity index (χ2v) is 4.47. The Hall–Kier alpha value is -2.01. The second kappa shape index (κ2) is 6.24. The fraction of sp³-hybridized carbons (Fsp3) is 0.286. The average Bonchev–Trinajstić information content (AvgIpc) is 2.38. The van der Waals surface area contributed by atoms with E-state index < -0.39 is 0 Å². The molecule has 1 N–H and O–H groups in total. The van der Waals surface area contributed by atoms with Crippen LogP contribution in [0, 0.1) is 5.82 Å². The molecule has 2 rings (SSSR count). The van der Waals surface area contributed by atoms with Crippen molar-refractivity contribution < 1.29 is 9.13 Å². The fourth-order valence-corrected chi connectivity index (χ4v) is 1.44. The van der Waals surface area contributed by atoms with Crippen molar-refractivity contribution in [2.45, 2.75) is 26.4 Å². The van der Waals surface area contributed by atoms with Crippen LogP contribution in [0.15, 0.2) is 36.7 Å². The van der Waals surface area contributed by atoms with Gasteiger partial charge in [-0.2, -0.15) is 0 Å².